The quantitative estimate of drug-likeness (QED) is 0.109. The Morgan fingerprint density at radius 3 is 1.75 bits per heavy atom. The van der Waals surface area contributed by atoms with Crippen LogP contribution in [0.25, 0.3) is 0 Å². The molecule has 4 rings (SSSR count). The van der Waals surface area contributed by atoms with Crippen LogP contribution in [0.5, 0.6) is 0 Å². The smallest absolute Gasteiger partial charge is 0.325 e. The second-order valence-electron chi connectivity index (χ2n) is 11.0. The third-order valence-corrected chi connectivity index (χ3v) is 9.22. The zero-order valence-corrected chi connectivity index (χ0v) is 27.7. The van der Waals surface area contributed by atoms with E-state index in [4.69, 9.17) is 15.2 Å². The number of esters is 2. The molecule has 0 fully saturated rings. The maximum absolute atomic E-state index is 13.7. The number of amides is 2. The van der Waals surface area contributed by atoms with Crippen LogP contribution in [0.15, 0.2) is 121 Å². The highest BCUT2D eigenvalue weighted by Crippen LogP contribution is 2.48. The van der Waals surface area contributed by atoms with Crippen LogP contribution < -0.4 is 16.4 Å². The van der Waals surface area contributed by atoms with Gasteiger partial charge in [-0.05, 0) is 35.6 Å². The molecule has 0 aromatic heterocycles. The third-order valence-electron chi connectivity index (χ3n) is 7.58. The standard InChI is InChI=1S/C38H41N3O6S/c1-2-46-37(45)32(39)23-24-34(42)41-33(36(44)40-25-35(43)47-26-28-15-7-3-8-16-28)27-48-38(29-17-9-4-10-18-29,30-19-11-5-12-20-30)31-21-13-6-14-22-31/h3-22,32-33H,2,23-27,39H2,1H3,(H,40,44)(H,41,42). The van der Waals surface area contributed by atoms with Crippen molar-refractivity contribution < 1.29 is 28.7 Å². The molecule has 10 heteroatoms. The number of nitrogens with two attached hydrogens (primary N) is 1. The number of hydrogen-bond acceptors (Lipinski definition) is 8. The molecule has 2 atom stereocenters. The van der Waals surface area contributed by atoms with Gasteiger partial charge >= 0.3 is 11.9 Å². The van der Waals surface area contributed by atoms with Crippen molar-refractivity contribution in [3.63, 3.8) is 0 Å². The van der Waals surface area contributed by atoms with E-state index in [9.17, 15) is 19.2 Å². The first-order valence-corrected chi connectivity index (χ1v) is 16.8. The van der Waals surface area contributed by atoms with E-state index in [1.807, 2.05) is 121 Å². The fourth-order valence-electron chi connectivity index (χ4n) is 5.15. The molecule has 9 nitrogen and oxygen atoms in total. The van der Waals surface area contributed by atoms with Crippen molar-refractivity contribution in [2.24, 2.45) is 5.73 Å². The number of thioether (sulfide) groups is 1. The zero-order valence-electron chi connectivity index (χ0n) is 26.9. The SMILES string of the molecule is CCOC(=O)C(N)CCC(=O)NC(CSC(c1ccccc1)(c1ccccc1)c1ccccc1)C(=O)NCC(=O)OCc1ccccc1. The predicted octanol–water partition coefficient (Wildman–Crippen LogP) is 4.73. The Hall–Kier alpha value is -4.93. The van der Waals surface area contributed by atoms with Gasteiger partial charge in [0.15, 0.2) is 0 Å². The van der Waals surface area contributed by atoms with Crippen molar-refractivity contribution >= 4 is 35.5 Å². The highest BCUT2D eigenvalue weighted by molar-refractivity contribution is 8.00. The van der Waals surface area contributed by atoms with Crippen LogP contribution in [0.3, 0.4) is 0 Å². The molecule has 2 amide bonds. The number of carbonyl (C=O) groups is 4. The molecular formula is C38H41N3O6S. The first kappa shape index (κ1) is 35.9. The Morgan fingerprint density at radius 1 is 0.750 bits per heavy atom. The van der Waals surface area contributed by atoms with Crippen LogP contribution in [-0.4, -0.2) is 54.7 Å². The second-order valence-corrected chi connectivity index (χ2v) is 12.2. The molecule has 0 radical (unpaired) electrons. The lowest BCUT2D eigenvalue weighted by atomic mass is 9.84. The van der Waals surface area contributed by atoms with E-state index in [1.165, 1.54) is 11.8 Å². The Morgan fingerprint density at radius 2 is 1.25 bits per heavy atom. The summed E-state index contributed by atoms with van der Waals surface area (Å²) in [7, 11) is 0. The summed E-state index contributed by atoms with van der Waals surface area (Å²) in [5.41, 5.74) is 9.70. The Labute approximate surface area is 285 Å². The van der Waals surface area contributed by atoms with Gasteiger partial charge in [-0.25, -0.2) is 0 Å². The highest BCUT2D eigenvalue weighted by Gasteiger charge is 2.38. The molecule has 250 valence electrons. The number of hydrogen-bond donors (Lipinski definition) is 3. The van der Waals surface area contributed by atoms with Crippen LogP contribution in [0, 0.1) is 0 Å². The Kier molecular flexibility index (Phi) is 13.8. The molecule has 4 aromatic rings. The first-order valence-electron chi connectivity index (χ1n) is 15.8. The van der Waals surface area contributed by atoms with Gasteiger partial charge in [-0.1, -0.05) is 121 Å². The zero-order chi connectivity index (χ0) is 34.2. The van der Waals surface area contributed by atoms with Gasteiger partial charge in [0.1, 0.15) is 25.2 Å². The third kappa shape index (κ3) is 10.0. The van der Waals surface area contributed by atoms with E-state index in [1.54, 1.807) is 6.92 Å². The van der Waals surface area contributed by atoms with Crippen LogP contribution in [0.4, 0.5) is 0 Å². The summed E-state index contributed by atoms with van der Waals surface area (Å²) in [6, 6.07) is 37.1. The number of ether oxygens (including phenoxy) is 2. The fraction of sp³-hybridized carbons (Fsp3) is 0.263. The Bertz CT molecular complexity index is 1510. The van der Waals surface area contributed by atoms with E-state index in [2.05, 4.69) is 10.6 Å². The van der Waals surface area contributed by atoms with Gasteiger partial charge in [0.2, 0.25) is 11.8 Å². The maximum Gasteiger partial charge on any atom is 0.325 e. The summed E-state index contributed by atoms with van der Waals surface area (Å²) >= 11 is 1.49. The lowest BCUT2D eigenvalue weighted by molar-refractivity contribution is -0.145. The molecule has 0 aliphatic carbocycles. The molecule has 48 heavy (non-hydrogen) atoms. The minimum Gasteiger partial charge on any atom is -0.465 e. The predicted molar refractivity (Wildman–Crippen MR) is 187 cm³/mol. The lowest BCUT2D eigenvalue weighted by Crippen LogP contribution is -2.50. The van der Waals surface area contributed by atoms with Crippen LogP contribution in [0.2, 0.25) is 0 Å². The summed E-state index contributed by atoms with van der Waals surface area (Å²) in [6.07, 6.45) is -0.0608. The molecule has 0 bridgehead atoms. The van der Waals surface area contributed by atoms with Gasteiger partial charge in [-0.15, -0.1) is 11.8 Å². The average molecular weight is 668 g/mol. The van der Waals surface area contributed by atoms with Gasteiger partial charge in [0, 0.05) is 12.2 Å². The van der Waals surface area contributed by atoms with Crippen LogP contribution in [0.1, 0.15) is 42.0 Å². The lowest BCUT2D eigenvalue weighted by Gasteiger charge is -2.36. The summed E-state index contributed by atoms with van der Waals surface area (Å²) < 4.78 is 9.53. The molecule has 0 spiro atoms. The van der Waals surface area contributed by atoms with Crippen LogP contribution >= 0.6 is 11.8 Å². The second kappa shape index (κ2) is 18.4. The summed E-state index contributed by atoms with van der Waals surface area (Å²) in [5.74, 6) is -2.09. The number of rotatable bonds is 17. The minimum atomic E-state index is -1.04. The molecular weight excluding hydrogens is 627 g/mol. The van der Waals surface area contributed by atoms with Gasteiger partial charge in [-0.3, -0.25) is 19.2 Å². The molecule has 0 aliphatic rings. The molecule has 0 saturated heterocycles. The molecule has 4 N–H and O–H groups in total. The molecule has 4 aromatic carbocycles. The molecule has 0 heterocycles. The highest BCUT2D eigenvalue weighted by atomic mass is 32.2. The van der Waals surface area contributed by atoms with Gasteiger partial charge in [0.05, 0.1) is 11.4 Å². The largest absolute Gasteiger partial charge is 0.465 e. The maximum atomic E-state index is 13.7. The van der Waals surface area contributed by atoms with Crippen molar-refractivity contribution in [3.05, 3.63) is 144 Å². The number of benzene rings is 4. The van der Waals surface area contributed by atoms with Gasteiger partial charge in [0.25, 0.3) is 0 Å². The average Bonchev–Trinajstić information content (AvgIpc) is 3.13. The van der Waals surface area contributed by atoms with Crippen molar-refractivity contribution in [2.45, 2.75) is 43.2 Å². The van der Waals surface area contributed by atoms with Crippen LogP contribution in [-0.2, 0) is 40.0 Å². The molecule has 2 unspecified atom stereocenters. The van der Waals surface area contributed by atoms with Gasteiger partial charge in [-0.2, -0.15) is 0 Å². The van der Waals surface area contributed by atoms with Crippen molar-refractivity contribution in [3.8, 4) is 0 Å². The fourth-order valence-corrected chi connectivity index (χ4v) is 6.71. The first-order chi connectivity index (χ1) is 23.3. The molecule has 0 saturated carbocycles. The normalized spacial score (nSPS) is 12.3. The minimum absolute atomic E-state index is 0.0416. The van der Waals surface area contributed by atoms with Crippen molar-refractivity contribution in [2.75, 3.05) is 18.9 Å². The topological polar surface area (TPSA) is 137 Å². The summed E-state index contributed by atoms with van der Waals surface area (Å²) in [5, 5.41) is 5.46. The number of carbonyl (C=O) groups excluding carboxylic acids is 4. The van der Waals surface area contributed by atoms with E-state index < -0.39 is 40.6 Å². The van der Waals surface area contributed by atoms with E-state index in [0.717, 1.165) is 22.3 Å². The summed E-state index contributed by atoms with van der Waals surface area (Å²) in [6.45, 7) is 1.55. The van der Waals surface area contributed by atoms with Gasteiger partial charge < -0.3 is 25.8 Å². The monoisotopic (exact) mass is 667 g/mol. The molecule has 0 aliphatic heterocycles. The Balaban J connectivity index is 1.57. The van der Waals surface area contributed by atoms with E-state index in [0.29, 0.717) is 0 Å². The van der Waals surface area contributed by atoms with Crippen molar-refractivity contribution in [1.82, 2.24) is 10.6 Å². The van der Waals surface area contributed by atoms with E-state index in [-0.39, 0.29) is 38.4 Å². The van der Waals surface area contributed by atoms with Crippen molar-refractivity contribution in [1.29, 1.82) is 0 Å². The van der Waals surface area contributed by atoms with E-state index >= 15 is 0 Å². The number of nitrogens with one attached hydrogen (secondary N) is 2. The summed E-state index contributed by atoms with van der Waals surface area (Å²) in [4.78, 5) is 51.4.